The van der Waals surface area contributed by atoms with Gasteiger partial charge < -0.3 is 5.11 Å². The van der Waals surface area contributed by atoms with Crippen molar-refractivity contribution in [2.24, 2.45) is 0 Å². The van der Waals surface area contributed by atoms with Gasteiger partial charge in [-0.3, -0.25) is 0 Å². The number of hydrogen-bond donors (Lipinski definition) is 1. The van der Waals surface area contributed by atoms with Crippen LogP contribution in [0.15, 0.2) is 89.8 Å². The number of aromatic hydroxyl groups is 1. The van der Waals surface area contributed by atoms with E-state index in [1.165, 1.54) is 16.0 Å². The molecule has 0 fully saturated rings. The van der Waals surface area contributed by atoms with Crippen LogP contribution >= 0.6 is 7.81 Å². The van der Waals surface area contributed by atoms with Crippen LogP contribution in [0.25, 0.3) is 0 Å². The second-order valence-corrected chi connectivity index (χ2v) is 10.2. The predicted molar refractivity (Wildman–Crippen MR) is 108 cm³/mol. The molecule has 0 spiro atoms. The maximum Gasteiger partial charge on any atom is 0.155 e. The molecule has 158 valence electrons. The molecule has 0 heterocycles. The summed E-state index contributed by atoms with van der Waals surface area (Å²) in [6.07, 6.45) is 0. The van der Waals surface area contributed by atoms with Crippen LogP contribution in [0.2, 0.25) is 0 Å². The quantitative estimate of drug-likeness (QED) is 0.235. The van der Waals surface area contributed by atoms with Gasteiger partial charge in [0.1, 0.15) is 17.3 Å². The van der Waals surface area contributed by atoms with Crippen LogP contribution in [0.4, 0.5) is 25.2 Å². The summed E-state index contributed by atoms with van der Waals surface area (Å²) in [6, 6.07) is 28.9. The Balaban J connectivity index is 0.000000370. The van der Waals surface area contributed by atoms with Crippen LogP contribution in [-0.4, -0.2) is 5.11 Å². The van der Waals surface area contributed by atoms with Crippen molar-refractivity contribution in [1.29, 1.82) is 0 Å². The third-order valence-corrected chi connectivity index (χ3v) is 5.84. The molecule has 0 unspecified atom stereocenters. The first-order valence-electron chi connectivity index (χ1n) is 8.37. The van der Waals surface area contributed by atoms with Gasteiger partial charge >= 0.3 is 33.0 Å². The molecule has 0 aliphatic rings. The average Bonchev–Trinajstić information content (AvgIpc) is 2.61. The van der Waals surface area contributed by atoms with Gasteiger partial charge in [0.25, 0.3) is 0 Å². The standard InChI is InChI=1S/C20H18OS.F6P/c21-19-11-13-20(14-12-19)22(15-17-7-3-1-4-8-17)16-18-9-5-2-6-10-18;1-7(2,3,4,5)6/h1-14H,15-16H2;/q;-1/p+1. The molecule has 0 radical (unpaired) electrons. The van der Waals surface area contributed by atoms with Crippen LogP contribution in [0.1, 0.15) is 11.1 Å². The number of halogens is 6. The minimum absolute atomic E-state index is 0.0908. The van der Waals surface area contributed by atoms with Gasteiger partial charge in [-0.05, 0) is 24.3 Å². The fourth-order valence-corrected chi connectivity index (χ4v) is 4.55. The van der Waals surface area contributed by atoms with Gasteiger partial charge in [-0.25, -0.2) is 0 Å². The molecule has 3 aromatic carbocycles. The van der Waals surface area contributed by atoms with Gasteiger partial charge in [0.2, 0.25) is 0 Å². The number of rotatable bonds is 5. The van der Waals surface area contributed by atoms with Crippen LogP contribution in [0, 0.1) is 0 Å². The van der Waals surface area contributed by atoms with Crippen molar-refractivity contribution in [1.82, 2.24) is 0 Å². The third kappa shape index (κ3) is 11.4. The van der Waals surface area contributed by atoms with E-state index >= 15 is 0 Å². The summed E-state index contributed by atoms with van der Waals surface area (Å²) < 4.78 is 59.2. The Labute approximate surface area is 167 Å². The van der Waals surface area contributed by atoms with E-state index in [1.807, 2.05) is 12.1 Å². The fraction of sp³-hybridized carbons (Fsp3) is 0.100. The topological polar surface area (TPSA) is 20.2 Å². The molecule has 0 aliphatic heterocycles. The van der Waals surface area contributed by atoms with E-state index in [-0.39, 0.29) is 10.9 Å². The minimum Gasteiger partial charge on any atom is -0.508 e. The molecule has 0 bridgehead atoms. The summed E-state index contributed by atoms with van der Waals surface area (Å²) >= 11 is 0. The van der Waals surface area contributed by atoms with Gasteiger partial charge in [0, 0.05) is 22.0 Å². The molecular formula is C20H19F6OPS. The molecule has 3 aromatic rings. The molecule has 9 heteroatoms. The van der Waals surface area contributed by atoms with E-state index in [2.05, 4.69) is 60.7 Å². The molecule has 0 aromatic heterocycles. The number of phenols is 1. The second kappa shape index (κ2) is 8.28. The Kier molecular flexibility index (Phi) is 6.60. The Bertz CT molecular complexity index is 848. The number of benzene rings is 3. The third-order valence-electron chi connectivity index (χ3n) is 3.54. The van der Waals surface area contributed by atoms with Crippen molar-refractivity contribution in [2.75, 3.05) is 0 Å². The Hall–Kier alpha value is -2.18. The summed E-state index contributed by atoms with van der Waals surface area (Å²) in [4.78, 5) is 1.30. The largest absolute Gasteiger partial charge is 0.508 e. The zero-order valence-electron chi connectivity index (χ0n) is 15.1. The molecule has 0 atom stereocenters. The van der Waals surface area contributed by atoms with E-state index in [0.29, 0.717) is 5.75 Å². The molecule has 1 N–H and O–H groups in total. The maximum absolute atomic E-state index is 10.7. The van der Waals surface area contributed by atoms with Crippen molar-refractivity contribution in [3.05, 3.63) is 96.1 Å². The Morgan fingerprint density at radius 1 is 0.586 bits per heavy atom. The molecule has 0 aliphatic carbocycles. The summed E-state index contributed by atoms with van der Waals surface area (Å²) in [7, 11) is -10.6. The van der Waals surface area contributed by atoms with Gasteiger partial charge in [-0.15, -0.1) is 0 Å². The first-order valence-corrected chi connectivity index (χ1v) is 12.0. The predicted octanol–water partition coefficient (Wildman–Crippen LogP) is 8.15. The maximum atomic E-state index is 9.87. The van der Waals surface area contributed by atoms with Crippen LogP contribution in [-0.2, 0) is 22.4 Å². The van der Waals surface area contributed by atoms with Crippen molar-refractivity contribution < 1.29 is 30.3 Å². The van der Waals surface area contributed by atoms with Gasteiger partial charge in [-0.2, -0.15) is 0 Å². The van der Waals surface area contributed by atoms with E-state index in [4.69, 9.17) is 0 Å². The fourth-order valence-electron chi connectivity index (χ4n) is 2.41. The molecule has 0 amide bonds. The van der Waals surface area contributed by atoms with Crippen LogP contribution < -0.4 is 0 Å². The first-order chi connectivity index (χ1) is 13.3. The zero-order chi connectivity index (χ0) is 21.6. The van der Waals surface area contributed by atoms with E-state index in [9.17, 15) is 30.3 Å². The molecule has 29 heavy (non-hydrogen) atoms. The normalized spacial score (nSPS) is 13.8. The zero-order valence-corrected chi connectivity index (χ0v) is 16.8. The molecule has 1 nitrogen and oxygen atoms in total. The van der Waals surface area contributed by atoms with Crippen molar-refractivity contribution in [3.63, 3.8) is 0 Å². The summed E-state index contributed by atoms with van der Waals surface area (Å²) in [5.41, 5.74) is 2.71. The summed E-state index contributed by atoms with van der Waals surface area (Å²) in [5, 5.41) is 9.52. The smallest absolute Gasteiger partial charge is 0.155 e. The van der Waals surface area contributed by atoms with Crippen LogP contribution in [0.5, 0.6) is 5.75 Å². The average molecular weight is 452 g/mol. The van der Waals surface area contributed by atoms with E-state index < -0.39 is 7.81 Å². The molecule has 0 saturated heterocycles. The second-order valence-electron chi connectivity index (χ2n) is 6.20. The first kappa shape index (κ1) is 23.1. The molecule has 0 saturated carbocycles. The molecular weight excluding hydrogens is 433 g/mol. The van der Waals surface area contributed by atoms with Crippen molar-refractivity contribution in [2.45, 2.75) is 16.4 Å². The Morgan fingerprint density at radius 2 is 0.931 bits per heavy atom. The van der Waals surface area contributed by atoms with Gasteiger partial charge in [0.05, 0.1) is 0 Å². The minimum atomic E-state index is -10.7. The number of hydrogen-bond acceptors (Lipinski definition) is 1. The Morgan fingerprint density at radius 3 is 1.28 bits per heavy atom. The summed E-state index contributed by atoms with van der Waals surface area (Å²) in [6.45, 7) is 0. The van der Waals surface area contributed by atoms with Crippen molar-refractivity contribution in [3.8, 4) is 5.75 Å². The van der Waals surface area contributed by atoms with E-state index in [0.717, 1.165) is 11.5 Å². The van der Waals surface area contributed by atoms with E-state index in [1.54, 1.807) is 12.1 Å². The van der Waals surface area contributed by atoms with Gasteiger partial charge in [0.15, 0.2) is 4.90 Å². The SMILES string of the molecule is F[P-](F)(F)(F)(F)F.Oc1ccc([S+](Cc2ccccc2)Cc2ccccc2)cc1. The molecule has 3 rings (SSSR count). The summed E-state index contributed by atoms with van der Waals surface area (Å²) in [5.74, 6) is 2.38. The van der Waals surface area contributed by atoms with Gasteiger partial charge in [-0.1, -0.05) is 60.7 Å². The van der Waals surface area contributed by atoms with Crippen molar-refractivity contribution >= 4 is 18.7 Å². The monoisotopic (exact) mass is 452 g/mol. The number of phenolic OH excluding ortho intramolecular Hbond substituents is 1. The van der Waals surface area contributed by atoms with Crippen LogP contribution in [0.3, 0.4) is 0 Å².